The Morgan fingerprint density at radius 1 is 1.33 bits per heavy atom. The quantitative estimate of drug-likeness (QED) is 0.850. The van der Waals surface area contributed by atoms with Crippen LogP contribution >= 0.6 is 0 Å². The number of imidazole rings is 1. The van der Waals surface area contributed by atoms with Crippen molar-refractivity contribution < 1.29 is 4.74 Å². The molecule has 4 nitrogen and oxygen atoms in total. The van der Waals surface area contributed by atoms with Crippen LogP contribution in [0.4, 0.5) is 0 Å². The molecule has 0 aliphatic carbocycles. The Morgan fingerprint density at radius 2 is 2.14 bits per heavy atom. The first kappa shape index (κ1) is 15.6. The zero-order valence-electron chi connectivity index (χ0n) is 13.4. The summed E-state index contributed by atoms with van der Waals surface area (Å²) in [5, 5.41) is 3.45. The van der Waals surface area contributed by atoms with Crippen molar-refractivity contribution in [1.82, 2.24) is 14.9 Å². The van der Waals surface area contributed by atoms with E-state index in [1.54, 1.807) is 7.11 Å². The fourth-order valence-electron chi connectivity index (χ4n) is 2.60. The molecule has 4 heteroatoms. The number of hydrogen-bond acceptors (Lipinski definition) is 3. The monoisotopic (exact) mass is 287 g/mol. The average Bonchev–Trinajstić information content (AvgIpc) is 2.94. The first-order valence-corrected chi connectivity index (χ1v) is 7.59. The summed E-state index contributed by atoms with van der Waals surface area (Å²) in [6.07, 6.45) is 4.82. The number of nitrogens with one attached hydrogen (secondary N) is 1. The summed E-state index contributed by atoms with van der Waals surface area (Å²) < 4.78 is 7.69. The molecule has 1 aromatic heterocycles. The minimum atomic E-state index is 0.341. The molecule has 114 valence electrons. The van der Waals surface area contributed by atoms with E-state index in [4.69, 9.17) is 4.74 Å². The van der Waals surface area contributed by atoms with E-state index in [-0.39, 0.29) is 0 Å². The highest BCUT2D eigenvalue weighted by molar-refractivity contribution is 5.38. The third-order valence-corrected chi connectivity index (χ3v) is 3.77. The van der Waals surface area contributed by atoms with E-state index in [1.165, 1.54) is 11.1 Å². The SMILES string of the molecule is CCNC(C)c1ccc(OC)c(Cn2ccnc2CC)c1. The Bertz CT molecular complexity index is 577. The minimum Gasteiger partial charge on any atom is -0.496 e. The Morgan fingerprint density at radius 3 is 2.81 bits per heavy atom. The standard InChI is InChI=1S/C17H25N3O/c1-5-17-19-9-10-20(17)12-15-11-14(13(3)18-6-2)7-8-16(15)21-4/h7-11,13,18H,5-6,12H2,1-4H3. The summed E-state index contributed by atoms with van der Waals surface area (Å²) >= 11 is 0. The third kappa shape index (κ3) is 3.64. The first-order valence-electron chi connectivity index (χ1n) is 7.59. The number of ether oxygens (including phenoxy) is 1. The summed E-state index contributed by atoms with van der Waals surface area (Å²) in [6.45, 7) is 8.19. The van der Waals surface area contributed by atoms with Crippen LogP contribution in [0.25, 0.3) is 0 Å². The van der Waals surface area contributed by atoms with Gasteiger partial charge < -0.3 is 14.6 Å². The Labute approximate surface area is 127 Å². The van der Waals surface area contributed by atoms with E-state index in [9.17, 15) is 0 Å². The lowest BCUT2D eigenvalue weighted by atomic mass is 10.0. The number of aryl methyl sites for hydroxylation is 1. The fourth-order valence-corrected chi connectivity index (χ4v) is 2.60. The predicted molar refractivity (Wildman–Crippen MR) is 85.8 cm³/mol. The van der Waals surface area contributed by atoms with Gasteiger partial charge in [-0.25, -0.2) is 4.98 Å². The summed E-state index contributed by atoms with van der Waals surface area (Å²) in [4.78, 5) is 4.38. The van der Waals surface area contributed by atoms with Gasteiger partial charge in [-0.3, -0.25) is 0 Å². The zero-order valence-corrected chi connectivity index (χ0v) is 13.4. The van der Waals surface area contributed by atoms with Crippen LogP contribution in [-0.2, 0) is 13.0 Å². The number of rotatable bonds is 7. The third-order valence-electron chi connectivity index (χ3n) is 3.77. The van der Waals surface area contributed by atoms with Gasteiger partial charge >= 0.3 is 0 Å². The summed E-state index contributed by atoms with van der Waals surface area (Å²) in [6, 6.07) is 6.75. The lowest BCUT2D eigenvalue weighted by Crippen LogP contribution is -2.18. The molecule has 1 N–H and O–H groups in total. The van der Waals surface area contributed by atoms with Gasteiger partial charge in [0.05, 0.1) is 13.7 Å². The maximum atomic E-state index is 5.51. The van der Waals surface area contributed by atoms with Crippen LogP contribution in [0.1, 0.15) is 43.8 Å². The molecule has 21 heavy (non-hydrogen) atoms. The minimum absolute atomic E-state index is 0.341. The van der Waals surface area contributed by atoms with Crippen LogP contribution < -0.4 is 10.1 Å². The van der Waals surface area contributed by atoms with E-state index in [0.29, 0.717) is 6.04 Å². The number of hydrogen-bond donors (Lipinski definition) is 1. The molecular weight excluding hydrogens is 262 g/mol. The topological polar surface area (TPSA) is 39.1 Å². The van der Waals surface area contributed by atoms with Crippen molar-refractivity contribution in [3.8, 4) is 5.75 Å². The van der Waals surface area contributed by atoms with Crippen LogP contribution in [0.5, 0.6) is 5.75 Å². The maximum absolute atomic E-state index is 5.51. The second-order valence-corrected chi connectivity index (χ2v) is 5.18. The molecule has 0 radical (unpaired) electrons. The van der Waals surface area contributed by atoms with Crippen LogP contribution in [-0.4, -0.2) is 23.2 Å². The summed E-state index contributed by atoms with van der Waals surface area (Å²) in [7, 11) is 1.72. The lowest BCUT2D eigenvalue weighted by Gasteiger charge is -2.17. The van der Waals surface area contributed by atoms with Gasteiger partial charge in [0, 0.05) is 30.4 Å². The van der Waals surface area contributed by atoms with Crippen molar-refractivity contribution in [2.45, 2.75) is 39.8 Å². The van der Waals surface area contributed by atoms with Crippen molar-refractivity contribution in [3.05, 3.63) is 47.5 Å². The van der Waals surface area contributed by atoms with E-state index < -0.39 is 0 Å². The van der Waals surface area contributed by atoms with Crippen molar-refractivity contribution in [1.29, 1.82) is 0 Å². The molecule has 2 aromatic rings. The molecule has 0 bridgehead atoms. The molecule has 1 heterocycles. The van der Waals surface area contributed by atoms with Gasteiger partial charge in [0.25, 0.3) is 0 Å². The Balaban J connectivity index is 2.29. The Kier molecular flexibility index (Phi) is 5.39. The second-order valence-electron chi connectivity index (χ2n) is 5.18. The highest BCUT2D eigenvalue weighted by Gasteiger charge is 2.10. The van der Waals surface area contributed by atoms with Gasteiger partial charge in [-0.05, 0) is 31.2 Å². The van der Waals surface area contributed by atoms with Crippen LogP contribution in [0.3, 0.4) is 0 Å². The van der Waals surface area contributed by atoms with Crippen molar-refractivity contribution in [2.24, 2.45) is 0 Å². The molecule has 0 saturated heterocycles. The van der Waals surface area contributed by atoms with Gasteiger partial charge in [-0.1, -0.05) is 19.9 Å². The van der Waals surface area contributed by atoms with Gasteiger partial charge in [0.2, 0.25) is 0 Å². The average molecular weight is 287 g/mol. The maximum Gasteiger partial charge on any atom is 0.123 e. The number of aromatic nitrogens is 2. The molecule has 2 rings (SSSR count). The molecule has 1 aromatic carbocycles. The number of nitrogens with zero attached hydrogens (tertiary/aromatic N) is 2. The van der Waals surface area contributed by atoms with Gasteiger partial charge in [0.1, 0.15) is 11.6 Å². The number of methoxy groups -OCH3 is 1. The van der Waals surface area contributed by atoms with E-state index in [1.807, 2.05) is 12.4 Å². The first-order chi connectivity index (χ1) is 10.2. The molecular formula is C17H25N3O. The molecule has 1 unspecified atom stereocenters. The largest absolute Gasteiger partial charge is 0.496 e. The summed E-state index contributed by atoms with van der Waals surface area (Å²) in [5.74, 6) is 2.03. The van der Waals surface area contributed by atoms with E-state index >= 15 is 0 Å². The molecule has 0 spiro atoms. The smallest absolute Gasteiger partial charge is 0.123 e. The van der Waals surface area contributed by atoms with Gasteiger partial charge in [-0.15, -0.1) is 0 Å². The molecule has 0 saturated carbocycles. The summed E-state index contributed by atoms with van der Waals surface area (Å²) in [5.41, 5.74) is 2.47. The van der Waals surface area contributed by atoms with E-state index in [2.05, 4.69) is 53.8 Å². The highest BCUT2D eigenvalue weighted by atomic mass is 16.5. The van der Waals surface area contributed by atoms with Gasteiger partial charge in [0.15, 0.2) is 0 Å². The van der Waals surface area contributed by atoms with Crippen molar-refractivity contribution in [3.63, 3.8) is 0 Å². The Hall–Kier alpha value is -1.81. The van der Waals surface area contributed by atoms with Crippen LogP contribution in [0.15, 0.2) is 30.6 Å². The molecule has 0 fully saturated rings. The van der Waals surface area contributed by atoms with Crippen LogP contribution in [0.2, 0.25) is 0 Å². The van der Waals surface area contributed by atoms with Crippen molar-refractivity contribution >= 4 is 0 Å². The lowest BCUT2D eigenvalue weighted by molar-refractivity contribution is 0.407. The zero-order chi connectivity index (χ0) is 15.2. The molecule has 1 atom stereocenters. The molecule has 0 aliphatic rings. The highest BCUT2D eigenvalue weighted by Crippen LogP contribution is 2.24. The van der Waals surface area contributed by atoms with Crippen molar-refractivity contribution in [2.75, 3.05) is 13.7 Å². The molecule has 0 aliphatic heterocycles. The fraction of sp³-hybridized carbons (Fsp3) is 0.471. The van der Waals surface area contributed by atoms with E-state index in [0.717, 1.165) is 31.1 Å². The number of benzene rings is 1. The normalized spacial score (nSPS) is 12.4. The van der Waals surface area contributed by atoms with Gasteiger partial charge in [-0.2, -0.15) is 0 Å². The predicted octanol–water partition coefficient (Wildman–Crippen LogP) is 3.17. The van der Waals surface area contributed by atoms with Crippen LogP contribution in [0, 0.1) is 0 Å². The second kappa shape index (κ2) is 7.27. The molecule has 0 amide bonds.